The third-order valence-electron chi connectivity index (χ3n) is 3.31. The van der Waals surface area contributed by atoms with E-state index in [4.69, 9.17) is 23.2 Å². The summed E-state index contributed by atoms with van der Waals surface area (Å²) in [6.07, 6.45) is 7.55. The summed E-state index contributed by atoms with van der Waals surface area (Å²) in [4.78, 5) is 0.0318. The van der Waals surface area contributed by atoms with Gasteiger partial charge in [-0.25, -0.2) is 13.1 Å². The number of rotatable bonds is 5. The molecule has 0 amide bonds. The Bertz CT molecular complexity index is 612. The lowest BCUT2D eigenvalue weighted by Gasteiger charge is -2.13. The first kappa shape index (κ1) is 15.8. The number of nitrogens with one attached hydrogen (secondary N) is 1. The lowest BCUT2D eigenvalue weighted by molar-refractivity contribution is 0.579. The van der Waals surface area contributed by atoms with Crippen LogP contribution in [0.1, 0.15) is 32.1 Å². The molecular formula is C14H17Cl2NO2S. The van der Waals surface area contributed by atoms with Crippen molar-refractivity contribution in [3.63, 3.8) is 0 Å². The molecule has 0 saturated heterocycles. The van der Waals surface area contributed by atoms with Gasteiger partial charge in [-0.05, 0) is 50.3 Å². The minimum absolute atomic E-state index is 0.0318. The molecule has 0 radical (unpaired) electrons. The molecule has 20 heavy (non-hydrogen) atoms. The topological polar surface area (TPSA) is 46.2 Å². The van der Waals surface area contributed by atoms with Crippen molar-refractivity contribution in [3.05, 3.63) is 39.9 Å². The maximum absolute atomic E-state index is 12.2. The van der Waals surface area contributed by atoms with E-state index < -0.39 is 10.0 Å². The molecule has 0 heterocycles. The Morgan fingerprint density at radius 1 is 1.20 bits per heavy atom. The van der Waals surface area contributed by atoms with Crippen LogP contribution in [0.15, 0.2) is 34.7 Å². The van der Waals surface area contributed by atoms with E-state index in [1.807, 2.05) is 0 Å². The second kappa shape index (κ2) is 6.94. The van der Waals surface area contributed by atoms with E-state index in [1.54, 1.807) is 6.07 Å². The lowest BCUT2D eigenvalue weighted by Crippen LogP contribution is -2.25. The highest BCUT2D eigenvalue weighted by molar-refractivity contribution is 7.89. The van der Waals surface area contributed by atoms with Crippen molar-refractivity contribution in [2.75, 3.05) is 6.54 Å². The van der Waals surface area contributed by atoms with Crippen LogP contribution in [0.4, 0.5) is 0 Å². The molecule has 6 heteroatoms. The van der Waals surface area contributed by atoms with Crippen LogP contribution in [0.25, 0.3) is 0 Å². The van der Waals surface area contributed by atoms with Gasteiger partial charge in [-0.15, -0.1) is 0 Å². The highest BCUT2D eigenvalue weighted by atomic mass is 35.5. The molecule has 1 N–H and O–H groups in total. The molecule has 2 rings (SSSR count). The van der Waals surface area contributed by atoms with Crippen molar-refractivity contribution >= 4 is 33.2 Å². The zero-order chi connectivity index (χ0) is 14.6. The first-order chi connectivity index (χ1) is 9.49. The Morgan fingerprint density at radius 2 is 2.00 bits per heavy atom. The summed E-state index contributed by atoms with van der Waals surface area (Å²) in [6, 6.07) is 4.42. The van der Waals surface area contributed by atoms with Gasteiger partial charge in [-0.1, -0.05) is 34.9 Å². The van der Waals surface area contributed by atoms with Gasteiger partial charge < -0.3 is 0 Å². The third kappa shape index (κ3) is 4.22. The van der Waals surface area contributed by atoms with Crippen LogP contribution >= 0.6 is 23.2 Å². The molecule has 0 fully saturated rings. The third-order valence-corrected chi connectivity index (χ3v) is 5.48. The van der Waals surface area contributed by atoms with Crippen molar-refractivity contribution in [1.29, 1.82) is 0 Å². The van der Waals surface area contributed by atoms with Crippen molar-refractivity contribution < 1.29 is 8.42 Å². The quantitative estimate of drug-likeness (QED) is 0.822. The molecule has 1 aliphatic rings. The molecule has 1 aromatic carbocycles. The predicted molar refractivity (Wildman–Crippen MR) is 82.8 cm³/mol. The highest BCUT2D eigenvalue weighted by Gasteiger charge is 2.18. The van der Waals surface area contributed by atoms with E-state index in [9.17, 15) is 8.42 Å². The zero-order valence-corrected chi connectivity index (χ0v) is 13.4. The van der Waals surface area contributed by atoms with Crippen molar-refractivity contribution in [2.45, 2.75) is 37.0 Å². The number of hydrogen-bond donors (Lipinski definition) is 1. The first-order valence-electron chi connectivity index (χ1n) is 6.62. The van der Waals surface area contributed by atoms with Crippen LogP contribution in [-0.2, 0) is 10.0 Å². The minimum atomic E-state index is -3.61. The normalized spacial score (nSPS) is 16.0. The zero-order valence-electron chi connectivity index (χ0n) is 11.0. The molecule has 0 saturated carbocycles. The molecule has 0 atom stereocenters. The van der Waals surface area contributed by atoms with Gasteiger partial charge in [0.25, 0.3) is 0 Å². The molecule has 110 valence electrons. The van der Waals surface area contributed by atoms with Crippen molar-refractivity contribution in [1.82, 2.24) is 4.72 Å². The van der Waals surface area contributed by atoms with Gasteiger partial charge in [0, 0.05) is 11.6 Å². The summed E-state index contributed by atoms with van der Waals surface area (Å²) in [5.74, 6) is 0. The summed E-state index contributed by atoms with van der Waals surface area (Å²) >= 11 is 11.7. The summed E-state index contributed by atoms with van der Waals surface area (Å²) < 4.78 is 26.9. The molecule has 0 aliphatic heterocycles. The average Bonchev–Trinajstić information content (AvgIpc) is 2.42. The maximum atomic E-state index is 12.2. The van der Waals surface area contributed by atoms with Gasteiger partial charge >= 0.3 is 0 Å². The average molecular weight is 334 g/mol. The van der Waals surface area contributed by atoms with Crippen LogP contribution in [-0.4, -0.2) is 15.0 Å². The molecule has 0 unspecified atom stereocenters. The van der Waals surface area contributed by atoms with Crippen LogP contribution in [0.5, 0.6) is 0 Å². The Labute approximate surface area is 130 Å². The molecule has 0 bridgehead atoms. The van der Waals surface area contributed by atoms with Gasteiger partial charge in [-0.2, -0.15) is 0 Å². The largest absolute Gasteiger partial charge is 0.242 e. The van der Waals surface area contributed by atoms with Gasteiger partial charge in [0.05, 0.1) is 5.02 Å². The molecule has 0 spiro atoms. The van der Waals surface area contributed by atoms with E-state index in [0.29, 0.717) is 11.6 Å². The standard InChI is InChI=1S/C14H17Cl2NO2S/c15-12-6-7-13(16)14(10-12)20(18,19)17-9-8-11-4-2-1-3-5-11/h4,6-7,10,17H,1-3,5,8-9H2. The number of sulfonamides is 1. The Hall–Kier alpha value is -0.550. The fraction of sp³-hybridized carbons (Fsp3) is 0.429. The van der Waals surface area contributed by atoms with E-state index in [-0.39, 0.29) is 9.92 Å². The van der Waals surface area contributed by atoms with Crippen LogP contribution < -0.4 is 4.72 Å². The van der Waals surface area contributed by atoms with Gasteiger partial charge in [0.1, 0.15) is 4.90 Å². The molecule has 1 aliphatic carbocycles. The van der Waals surface area contributed by atoms with Crippen LogP contribution in [0, 0.1) is 0 Å². The van der Waals surface area contributed by atoms with Gasteiger partial charge in [0.15, 0.2) is 0 Å². The van der Waals surface area contributed by atoms with Crippen molar-refractivity contribution in [3.8, 4) is 0 Å². The van der Waals surface area contributed by atoms with Crippen LogP contribution in [0.3, 0.4) is 0 Å². The number of benzene rings is 1. The minimum Gasteiger partial charge on any atom is -0.211 e. The molecule has 1 aromatic rings. The second-order valence-corrected chi connectivity index (χ2v) is 7.41. The number of halogens is 2. The smallest absolute Gasteiger partial charge is 0.211 e. The molecule has 3 nitrogen and oxygen atoms in total. The van der Waals surface area contributed by atoms with Crippen LogP contribution in [0.2, 0.25) is 10.0 Å². The fourth-order valence-electron chi connectivity index (χ4n) is 2.24. The molecular weight excluding hydrogens is 317 g/mol. The Morgan fingerprint density at radius 3 is 2.70 bits per heavy atom. The monoisotopic (exact) mass is 333 g/mol. The van der Waals surface area contributed by atoms with E-state index >= 15 is 0 Å². The Balaban J connectivity index is 2.00. The number of hydrogen-bond acceptors (Lipinski definition) is 2. The number of allylic oxidation sites excluding steroid dienone is 1. The van der Waals surface area contributed by atoms with Gasteiger partial charge in [0.2, 0.25) is 10.0 Å². The first-order valence-corrected chi connectivity index (χ1v) is 8.85. The Kier molecular flexibility index (Phi) is 5.49. The second-order valence-electron chi connectivity index (χ2n) is 4.83. The highest BCUT2D eigenvalue weighted by Crippen LogP contribution is 2.25. The van der Waals surface area contributed by atoms with Crippen molar-refractivity contribution in [2.24, 2.45) is 0 Å². The maximum Gasteiger partial charge on any atom is 0.242 e. The SMILES string of the molecule is O=S(=O)(NCCC1=CCCCC1)c1cc(Cl)ccc1Cl. The lowest BCUT2D eigenvalue weighted by atomic mass is 9.97. The summed E-state index contributed by atoms with van der Waals surface area (Å²) in [6.45, 7) is 0.386. The summed E-state index contributed by atoms with van der Waals surface area (Å²) in [5, 5.41) is 0.531. The fourth-order valence-corrected chi connectivity index (χ4v) is 4.03. The van der Waals surface area contributed by atoms with E-state index in [0.717, 1.165) is 19.3 Å². The van der Waals surface area contributed by atoms with E-state index in [2.05, 4.69) is 10.8 Å². The summed E-state index contributed by atoms with van der Waals surface area (Å²) in [5.41, 5.74) is 1.33. The predicted octanol–water partition coefficient (Wildman–Crippen LogP) is 4.16. The molecule has 0 aromatic heterocycles. The van der Waals surface area contributed by atoms with Gasteiger partial charge in [-0.3, -0.25) is 0 Å². The van der Waals surface area contributed by atoms with E-state index in [1.165, 1.54) is 30.5 Å². The summed E-state index contributed by atoms with van der Waals surface area (Å²) in [7, 11) is -3.61.